The summed E-state index contributed by atoms with van der Waals surface area (Å²) in [6, 6.07) is 2.16. The van der Waals surface area contributed by atoms with Gasteiger partial charge in [-0.05, 0) is 32.0 Å². The van der Waals surface area contributed by atoms with Gasteiger partial charge in [-0.15, -0.1) is 0 Å². The summed E-state index contributed by atoms with van der Waals surface area (Å²) in [5.74, 6) is -2.84. The summed E-state index contributed by atoms with van der Waals surface area (Å²) in [6.45, 7) is 0.233. The molecule has 1 saturated heterocycles. The Balaban J connectivity index is 2.08. The molecule has 9 heteroatoms. The number of sulfonamides is 1. The molecule has 2 rings (SSSR count). The van der Waals surface area contributed by atoms with Gasteiger partial charge in [0, 0.05) is 25.2 Å². The number of hydrogen-bond acceptors (Lipinski definition) is 4. The minimum Gasteiger partial charge on any atom is -0.480 e. The largest absolute Gasteiger partial charge is 0.480 e. The van der Waals surface area contributed by atoms with Gasteiger partial charge < -0.3 is 5.11 Å². The third-order valence-corrected chi connectivity index (χ3v) is 5.78. The van der Waals surface area contributed by atoms with E-state index in [0.717, 1.165) is 12.1 Å². The van der Waals surface area contributed by atoms with Gasteiger partial charge in [0.15, 0.2) is 0 Å². The van der Waals surface area contributed by atoms with Gasteiger partial charge in [-0.2, -0.15) is 4.31 Å². The van der Waals surface area contributed by atoms with Crippen molar-refractivity contribution in [3.63, 3.8) is 0 Å². The Kier molecular flexibility index (Phi) is 5.33. The molecular weight excluding hydrogens is 330 g/mol. The SMILES string of the molecule is CN(CC(=O)O)C1CCN(S(=O)(=O)c2cc(F)cc(F)c2)CC1. The standard InChI is InChI=1S/C14H18F2N2O4S/c1-17(9-14(19)20)12-2-4-18(5-3-12)23(21,22)13-7-10(15)6-11(16)8-13/h6-8,12H,2-5,9H2,1H3,(H,19,20). The highest BCUT2D eigenvalue weighted by Crippen LogP contribution is 2.23. The fourth-order valence-electron chi connectivity index (χ4n) is 2.69. The fraction of sp³-hybridized carbons (Fsp3) is 0.500. The molecule has 1 aromatic rings. The first-order chi connectivity index (χ1) is 10.7. The molecule has 0 saturated carbocycles. The smallest absolute Gasteiger partial charge is 0.317 e. The number of likely N-dealkylation sites (N-methyl/N-ethyl adjacent to an activating group) is 1. The first-order valence-corrected chi connectivity index (χ1v) is 8.52. The molecule has 0 radical (unpaired) electrons. The van der Waals surface area contributed by atoms with Crippen LogP contribution in [0.3, 0.4) is 0 Å². The molecule has 6 nitrogen and oxygen atoms in total. The van der Waals surface area contributed by atoms with Crippen LogP contribution in [0.1, 0.15) is 12.8 Å². The Bertz CT molecular complexity index is 668. The normalized spacial score (nSPS) is 17.6. The van der Waals surface area contributed by atoms with Gasteiger partial charge in [-0.1, -0.05) is 0 Å². The molecule has 0 aromatic heterocycles. The molecule has 0 aliphatic carbocycles. The third kappa shape index (κ3) is 4.24. The van der Waals surface area contributed by atoms with Crippen LogP contribution in [-0.2, 0) is 14.8 Å². The first-order valence-electron chi connectivity index (χ1n) is 7.08. The van der Waals surface area contributed by atoms with Crippen LogP contribution < -0.4 is 0 Å². The second kappa shape index (κ2) is 6.90. The van der Waals surface area contributed by atoms with Gasteiger partial charge >= 0.3 is 5.97 Å². The molecule has 128 valence electrons. The minimum atomic E-state index is -3.96. The molecule has 0 spiro atoms. The van der Waals surface area contributed by atoms with Gasteiger partial charge in [0.25, 0.3) is 0 Å². The van der Waals surface area contributed by atoms with Crippen molar-refractivity contribution in [3.8, 4) is 0 Å². The monoisotopic (exact) mass is 348 g/mol. The van der Waals surface area contributed by atoms with E-state index in [0.29, 0.717) is 18.9 Å². The molecule has 1 aliphatic heterocycles. The van der Waals surface area contributed by atoms with Crippen molar-refractivity contribution >= 4 is 16.0 Å². The Hall–Kier alpha value is -1.58. The number of benzene rings is 1. The molecule has 23 heavy (non-hydrogen) atoms. The Morgan fingerprint density at radius 1 is 1.26 bits per heavy atom. The predicted octanol–water partition coefficient (Wildman–Crippen LogP) is 1.13. The van der Waals surface area contributed by atoms with Crippen LogP contribution in [0.4, 0.5) is 8.78 Å². The molecule has 0 bridgehead atoms. The average Bonchev–Trinajstić information content (AvgIpc) is 2.45. The van der Waals surface area contributed by atoms with Crippen LogP contribution in [0.2, 0.25) is 0 Å². The zero-order valence-corrected chi connectivity index (χ0v) is 13.4. The number of halogens is 2. The summed E-state index contributed by atoms with van der Waals surface area (Å²) in [5.41, 5.74) is 0. The average molecular weight is 348 g/mol. The van der Waals surface area contributed by atoms with E-state index >= 15 is 0 Å². The van der Waals surface area contributed by atoms with Gasteiger partial charge in [-0.25, -0.2) is 17.2 Å². The number of carbonyl (C=O) groups is 1. The van der Waals surface area contributed by atoms with Crippen LogP contribution in [0.25, 0.3) is 0 Å². The summed E-state index contributed by atoms with van der Waals surface area (Å²) < 4.78 is 52.5. The van der Waals surface area contributed by atoms with E-state index in [4.69, 9.17) is 5.11 Å². The lowest BCUT2D eigenvalue weighted by Crippen LogP contribution is -2.46. The van der Waals surface area contributed by atoms with Crippen molar-refractivity contribution in [2.24, 2.45) is 0 Å². The van der Waals surface area contributed by atoms with Crippen LogP contribution in [0, 0.1) is 11.6 Å². The van der Waals surface area contributed by atoms with E-state index in [1.54, 1.807) is 11.9 Å². The number of piperidine rings is 1. The molecule has 0 unspecified atom stereocenters. The lowest BCUT2D eigenvalue weighted by atomic mass is 10.1. The Morgan fingerprint density at radius 2 is 1.78 bits per heavy atom. The first kappa shape index (κ1) is 17.8. The third-order valence-electron chi connectivity index (χ3n) is 3.91. The van der Waals surface area contributed by atoms with Crippen molar-refractivity contribution in [2.45, 2.75) is 23.8 Å². The lowest BCUT2D eigenvalue weighted by molar-refractivity contribution is -0.138. The molecule has 1 N–H and O–H groups in total. The van der Waals surface area contributed by atoms with E-state index < -0.39 is 32.5 Å². The highest BCUT2D eigenvalue weighted by atomic mass is 32.2. The van der Waals surface area contributed by atoms with Crippen LogP contribution in [0.5, 0.6) is 0 Å². The molecule has 0 amide bonds. The molecule has 1 fully saturated rings. The predicted molar refractivity (Wildman–Crippen MR) is 78.4 cm³/mol. The van der Waals surface area contributed by atoms with E-state index in [9.17, 15) is 22.0 Å². The zero-order valence-electron chi connectivity index (χ0n) is 12.6. The van der Waals surface area contributed by atoms with Gasteiger partial charge in [0.1, 0.15) is 11.6 Å². The van der Waals surface area contributed by atoms with Crippen molar-refractivity contribution in [1.29, 1.82) is 0 Å². The van der Waals surface area contributed by atoms with E-state index in [1.165, 1.54) is 4.31 Å². The van der Waals surface area contributed by atoms with Gasteiger partial charge in [-0.3, -0.25) is 9.69 Å². The molecule has 1 heterocycles. The number of aliphatic carboxylic acids is 1. The number of carboxylic acid groups (broad SMARTS) is 1. The highest BCUT2D eigenvalue weighted by molar-refractivity contribution is 7.89. The quantitative estimate of drug-likeness (QED) is 0.863. The second-order valence-electron chi connectivity index (χ2n) is 5.55. The summed E-state index contributed by atoms with van der Waals surface area (Å²) in [6.07, 6.45) is 0.918. The molecule has 1 aliphatic rings. The number of rotatable bonds is 5. The lowest BCUT2D eigenvalue weighted by Gasteiger charge is -2.35. The highest BCUT2D eigenvalue weighted by Gasteiger charge is 2.31. The second-order valence-corrected chi connectivity index (χ2v) is 7.49. The topological polar surface area (TPSA) is 77.9 Å². The maximum Gasteiger partial charge on any atom is 0.317 e. The summed E-state index contributed by atoms with van der Waals surface area (Å²) in [7, 11) is -2.29. The van der Waals surface area contributed by atoms with Crippen LogP contribution >= 0.6 is 0 Å². The molecule has 1 aromatic carbocycles. The van der Waals surface area contributed by atoms with Crippen LogP contribution in [0.15, 0.2) is 23.1 Å². The van der Waals surface area contributed by atoms with E-state index in [-0.39, 0.29) is 25.7 Å². The summed E-state index contributed by atoms with van der Waals surface area (Å²) >= 11 is 0. The van der Waals surface area contributed by atoms with E-state index in [1.807, 2.05) is 0 Å². The minimum absolute atomic E-state index is 0.0400. The van der Waals surface area contributed by atoms with Crippen molar-refractivity contribution in [3.05, 3.63) is 29.8 Å². The Labute approximate surface area is 133 Å². The van der Waals surface area contributed by atoms with Crippen LogP contribution in [-0.4, -0.2) is 61.4 Å². The number of carboxylic acids is 1. The maximum atomic E-state index is 13.2. The number of nitrogens with zero attached hydrogens (tertiary/aromatic N) is 2. The van der Waals surface area contributed by atoms with Crippen molar-refractivity contribution < 1.29 is 27.1 Å². The zero-order chi connectivity index (χ0) is 17.2. The Morgan fingerprint density at radius 3 is 2.26 bits per heavy atom. The van der Waals surface area contributed by atoms with Gasteiger partial charge in [0.05, 0.1) is 11.4 Å². The van der Waals surface area contributed by atoms with Gasteiger partial charge in [0.2, 0.25) is 10.0 Å². The fourth-order valence-corrected chi connectivity index (χ4v) is 4.20. The molecular formula is C14H18F2N2O4S. The number of hydrogen-bond donors (Lipinski definition) is 1. The summed E-state index contributed by atoms with van der Waals surface area (Å²) in [4.78, 5) is 12.0. The molecule has 0 atom stereocenters. The van der Waals surface area contributed by atoms with E-state index in [2.05, 4.69) is 0 Å². The maximum absolute atomic E-state index is 13.2. The van der Waals surface area contributed by atoms with Crippen molar-refractivity contribution in [2.75, 3.05) is 26.7 Å². The summed E-state index contributed by atoms with van der Waals surface area (Å²) in [5, 5.41) is 8.78. The van der Waals surface area contributed by atoms with Crippen molar-refractivity contribution in [1.82, 2.24) is 9.21 Å².